The number of anilines is 2. The molecule has 1 aliphatic heterocycles. The molecule has 0 atom stereocenters. The third-order valence-electron chi connectivity index (χ3n) is 6.16. The van der Waals surface area contributed by atoms with Crippen LogP contribution in [-0.4, -0.2) is 41.0 Å². The van der Waals surface area contributed by atoms with Gasteiger partial charge in [-0.1, -0.05) is 42.5 Å². The number of nitrogens with one attached hydrogen (secondary N) is 2. The van der Waals surface area contributed by atoms with Gasteiger partial charge in [0.1, 0.15) is 0 Å². The van der Waals surface area contributed by atoms with Crippen LogP contribution in [-0.2, 0) is 6.54 Å². The van der Waals surface area contributed by atoms with E-state index in [1.165, 1.54) is 22.2 Å². The van der Waals surface area contributed by atoms with E-state index < -0.39 is 0 Å². The molecule has 3 aromatic carbocycles. The zero-order valence-corrected chi connectivity index (χ0v) is 18.2. The van der Waals surface area contributed by atoms with Crippen molar-refractivity contribution in [1.29, 1.82) is 0 Å². The first-order chi connectivity index (χ1) is 15.8. The van der Waals surface area contributed by atoms with Crippen molar-refractivity contribution in [3.8, 4) is 0 Å². The smallest absolute Gasteiger partial charge is 0.0474 e. The summed E-state index contributed by atoms with van der Waals surface area (Å²) in [6.45, 7) is 5.49. The number of hydrogen-bond donors (Lipinski definition) is 3. The van der Waals surface area contributed by atoms with Crippen LogP contribution in [0.2, 0.25) is 0 Å². The van der Waals surface area contributed by atoms with Crippen LogP contribution >= 0.6 is 0 Å². The summed E-state index contributed by atoms with van der Waals surface area (Å²) in [7, 11) is 0. The average molecular weight is 424 g/mol. The first kappa shape index (κ1) is 20.2. The fourth-order valence-electron chi connectivity index (χ4n) is 4.44. The van der Waals surface area contributed by atoms with Crippen molar-refractivity contribution in [2.24, 2.45) is 0 Å². The van der Waals surface area contributed by atoms with Crippen LogP contribution in [0.15, 0.2) is 91.3 Å². The van der Waals surface area contributed by atoms with Crippen molar-refractivity contribution in [3.63, 3.8) is 0 Å². The Labute approximate surface area is 188 Å². The predicted molar refractivity (Wildman–Crippen MR) is 135 cm³/mol. The summed E-state index contributed by atoms with van der Waals surface area (Å²) in [5.74, 6) is 0. The molecule has 0 amide bonds. The van der Waals surface area contributed by atoms with Crippen molar-refractivity contribution in [3.05, 3.63) is 96.8 Å². The van der Waals surface area contributed by atoms with E-state index in [1.54, 1.807) is 0 Å². The van der Waals surface area contributed by atoms with Crippen LogP contribution in [0, 0.1) is 0 Å². The lowest BCUT2D eigenvalue weighted by Crippen LogP contribution is -2.46. The summed E-state index contributed by atoms with van der Waals surface area (Å²) in [5.41, 5.74) is 11.6. The maximum absolute atomic E-state index is 5.68. The third-order valence-corrected chi connectivity index (χ3v) is 6.16. The van der Waals surface area contributed by atoms with Gasteiger partial charge in [-0.05, 0) is 42.0 Å². The summed E-state index contributed by atoms with van der Waals surface area (Å²) in [5, 5.41) is 2.43. The van der Waals surface area contributed by atoms with E-state index in [0.717, 1.165) is 49.3 Å². The Balaban J connectivity index is 0.000000180. The normalized spacial score (nSPS) is 14.4. The first-order valence-corrected chi connectivity index (χ1v) is 11.2. The predicted octanol–water partition coefficient (Wildman–Crippen LogP) is 5.24. The van der Waals surface area contributed by atoms with Crippen molar-refractivity contribution < 1.29 is 0 Å². The molecule has 1 aliphatic rings. The van der Waals surface area contributed by atoms with E-state index in [-0.39, 0.29) is 0 Å². The minimum Gasteiger partial charge on any atom is -0.398 e. The van der Waals surface area contributed by atoms with Crippen LogP contribution in [0.3, 0.4) is 0 Å². The van der Waals surface area contributed by atoms with E-state index in [4.69, 9.17) is 5.73 Å². The molecule has 6 rings (SSSR count). The van der Waals surface area contributed by atoms with Gasteiger partial charge in [0.15, 0.2) is 0 Å². The molecule has 162 valence electrons. The van der Waals surface area contributed by atoms with E-state index >= 15 is 0 Å². The number of nitrogens with two attached hydrogens (primary N) is 1. The molecule has 4 N–H and O–H groups in total. The zero-order chi connectivity index (χ0) is 21.8. The molecule has 0 spiro atoms. The fourth-order valence-corrected chi connectivity index (χ4v) is 4.44. The molecule has 1 fully saturated rings. The van der Waals surface area contributed by atoms with Crippen LogP contribution in [0.5, 0.6) is 0 Å². The van der Waals surface area contributed by atoms with Gasteiger partial charge in [-0.2, -0.15) is 0 Å². The highest BCUT2D eigenvalue weighted by atomic mass is 15.3. The largest absolute Gasteiger partial charge is 0.398 e. The number of H-pyrrole nitrogens is 2. The zero-order valence-electron chi connectivity index (χ0n) is 18.2. The van der Waals surface area contributed by atoms with Crippen molar-refractivity contribution in [1.82, 2.24) is 14.9 Å². The molecular weight excluding hydrogens is 394 g/mol. The Morgan fingerprint density at radius 2 is 1.31 bits per heavy atom. The molecule has 5 heteroatoms. The fraction of sp³-hybridized carbons (Fsp3) is 0.185. The van der Waals surface area contributed by atoms with E-state index in [2.05, 4.69) is 74.4 Å². The van der Waals surface area contributed by atoms with Crippen LogP contribution in [0.1, 0.15) is 5.56 Å². The molecule has 3 heterocycles. The monoisotopic (exact) mass is 423 g/mol. The topological polar surface area (TPSA) is 64.1 Å². The number of hydrogen-bond acceptors (Lipinski definition) is 3. The molecular formula is C27H29N5. The molecule has 2 aromatic heterocycles. The van der Waals surface area contributed by atoms with Gasteiger partial charge < -0.3 is 20.6 Å². The number of fused-ring (bicyclic) bond motifs is 2. The summed E-state index contributed by atoms with van der Waals surface area (Å²) in [4.78, 5) is 11.4. The number of aromatic nitrogens is 2. The number of aromatic amines is 2. The maximum atomic E-state index is 5.68. The number of piperazine rings is 1. The van der Waals surface area contributed by atoms with E-state index in [0.29, 0.717) is 0 Å². The second kappa shape index (κ2) is 9.20. The first-order valence-electron chi connectivity index (χ1n) is 11.2. The number of nitrogens with zero attached hydrogens (tertiary/aromatic N) is 2. The number of benzene rings is 3. The van der Waals surface area contributed by atoms with Crippen molar-refractivity contribution in [2.45, 2.75) is 6.54 Å². The van der Waals surface area contributed by atoms with Crippen molar-refractivity contribution in [2.75, 3.05) is 36.8 Å². The van der Waals surface area contributed by atoms with Gasteiger partial charge in [0.25, 0.3) is 0 Å². The summed E-state index contributed by atoms with van der Waals surface area (Å²) < 4.78 is 0. The van der Waals surface area contributed by atoms with Crippen LogP contribution in [0.25, 0.3) is 21.8 Å². The molecule has 32 heavy (non-hydrogen) atoms. The van der Waals surface area contributed by atoms with Gasteiger partial charge in [0, 0.05) is 78.3 Å². The highest BCUT2D eigenvalue weighted by molar-refractivity contribution is 5.92. The van der Waals surface area contributed by atoms with Gasteiger partial charge in [-0.15, -0.1) is 0 Å². The Kier molecular flexibility index (Phi) is 5.81. The average Bonchev–Trinajstić information content (AvgIpc) is 3.51. The molecule has 1 saturated heterocycles. The Morgan fingerprint density at radius 1 is 0.656 bits per heavy atom. The van der Waals surface area contributed by atoms with E-state index in [1.807, 2.05) is 36.7 Å². The Bertz CT molecular complexity index is 1280. The van der Waals surface area contributed by atoms with Crippen LogP contribution in [0.4, 0.5) is 11.4 Å². The Hall–Kier alpha value is -3.70. The minimum absolute atomic E-state index is 0.832. The lowest BCUT2D eigenvalue weighted by Gasteiger charge is -2.36. The molecule has 0 aliphatic carbocycles. The maximum Gasteiger partial charge on any atom is 0.0474 e. The van der Waals surface area contributed by atoms with Gasteiger partial charge in [-0.3, -0.25) is 4.90 Å². The summed E-state index contributed by atoms with van der Waals surface area (Å²) >= 11 is 0. The minimum atomic E-state index is 0.832. The molecule has 0 radical (unpaired) electrons. The number of nitrogen functional groups attached to an aromatic ring is 1. The van der Waals surface area contributed by atoms with E-state index in [9.17, 15) is 0 Å². The molecule has 5 nitrogen and oxygen atoms in total. The molecule has 0 saturated carbocycles. The Morgan fingerprint density at radius 3 is 2.03 bits per heavy atom. The lowest BCUT2D eigenvalue weighted by atomic mass is 10.1. The highest BCUT2D eigenvalue weighted by Crippen LogP contribution is 2.27. The van der Waals surface area contributed by atoms with Gasteiger partial charge in [-0.25, -0.2) is 0 Å². The summed E-state index contributed by atoms with van der Waals surface area (Å²) in [6, 6.07) is 27.3. The molecule has 5 aromatic rings. The van der Waals surface area contributed by atoms with Gasteiger partial charge in [0.2, 0.25) is 0 Å². The second-order valence-electron chi connectivity index (χ2n) is 8.25. The molecule has 0 bridgehead atoms. The number of rotatable bonds is 3. The lowest BCUT2D eigenvalue weighted by molar-refractivity contribution is 0.250. The van der Waals surface area contributed by atoms with Gasteiger partial charge >= 0.3 is 0 Å². The standard InChI is InChI=1S/C19H21N3.C8H8N2/c1-2-5-16(6-3-1)15-21-11-13-22(14-12-21)19-8-4-7-18-17(19)9-10-20-18;9-7-2-1-3-8-6(7)4-5-10-8/h1-10,20H,11-15H2;1-5,10H,9H2. The van der Waals surface area contributed by atoms with Crippen molar-refractivity contribution >= 4 is 33.2 Å². The summed E-state index contributed by atoms with van der Waals surface area (Å²) in [6.07, 6.45) is 3.92. The molecule has 0 unspecified atom stereocenters. The third kappa shape index (κ3) is 4.34. The highest BCUT2D eigenvalue weighted by Gasteiger charge is 2.18. The van der Waals surface area contributed by atoms with Gasteiger partial charge in [0.05, 0.1) is 0 Å². The van der Waals surface area contributed by atoms with Crippen LogP contribution < -0.4 is 10.6 Å². The second-order valence-corrected chi connectivity index (χ2v) is 8.25. The SMILES string of the molecule is Nc1cccc2[nH]ccc12.c1ccc(CN2CCN(c3cccc4[nH]ccc34)CC2)cc1. The quantitative estimate of drug-likeness (QED) is 0.348.